The summed E-state index contributed by atoms with van der Waals surface area (Å²) in [5.41, 5.74) is 1.87. The second-order valence-corrected chi connectivity index (χ2v) is 7.66. The summed E-state index contributed by atoms with van der Waals surface area (Å²) in [5, 5.41) is 9.96. The number of hydrogen-bond donors (Lipinski definition) is 2. The molecule has 7 heteroatoms. The van der Waals surface area contributed by atoms with Crippen molar-refractivity contribution in [2.45, 2.75) is 38.6 Å². The first-order chi connectivity index (χ1) is 11.4. The quantitative estimate of drug-likeness (QED) is 0.705. The van der Waals surface area contributed by atoms with Crippen LogP contribution in [-0.2, 0) is 21.5 Å². The van der Waals surface area contributed by atoms with Crippen LogP contribution in [0.15, 0.2) is 30.6 Å². The molecule has 6 nitrogen and oxygen atoms in total. The number of nitrogens with one attached hydrogen (secondary N) is 2. The second-order valence-electron chi connectivity index (χ2n) is 6.41. The highest BCUT2D eigenvalue weighted by Crippen LogP contribution is 2.38. The Bertz CT molecular complexity index is 798. The molecule has 2 N–H and O–H groups in total. The third-order valence-corrected chi connectivity index (χ3v) is 4.74. The standard InChI is InChI=1S/C17H19IN4O2/c1-17(2)13-8-12(5-6-14(13)21-16(17)24)20-15(23)4-3-7-22-10-11(18)9-19-22/h5-6,8-10H,3-4,7H2,1-2H3,(H,20,23)(H,21,24). The summed E-state index contributed by atoms with van der Waals surface area (Å²) >= 11 is 2.21. The molecule has 2 heterocycles. The lowest BCUT2D eigenvalue weighted by molar-refractivity contribution is -0.119. The van der Waals surface area contributed by atoms with E-state index in [9.17, 15) is 9.59 Å². The Morgan fingerprint density at radius 3 is 2.92 bits per heavy atom. The fourth-order valence-electron chi connectivity index (χ4n) is 2.73. The Balaban J connectivity index is 1.57. The van der Waals surface area contributed by atoms with Gasteiger partial charge in [-0.3, -0.25) is 14.3 Å². The van der Waals surface area contributed by atoms with Crippen molar-refractivity contribution < 1.29 is 9.59 Å². The number of rotatable bonds is 5. The number of nitrogens with zero attached hydrogens (tertiary/aromatic N) is 2. The van der Waals surface area contributed by atoms with Crippen LogP contribution in [0.5, 0.6) is 0 Å². The largest absolute Gasteiger partial charge is 0.326 e. The van der Waals surface area contributed by atoms with Crippen LogP contribution in [-0.4, -0.2) is 21.6 Å². The van der Waals surface area contributed by atoms with Gasteiger partial charge in [0.25, 0.3) is 0 Å². The lowest BCUT2D eigenvalue weighted by atomic mass is 9.86. The number of halogens is 1. The van der Waals surface area contributed by atoms with E-state index in [0.29, 0.717) is 13.0 Å². The van der Waals surface area contributed by atoms with E-state index in [0.717, 1.165) is 26.9 Å². The van der Waals surface area contributed by atoms with E-state index in [-0.39, 0.29) is 11.8 Å². The predicted molar refractivity (Wildman–Crippen MR) is 101 cm³/mol. The van der Waals surface area contributed by atoms with Crippen molar-refractivity contribution in [3.05, 3.63) is 39.7 Å². The number of amides is 2. The number of hydrogen-bond acceptors (Lipinski definition) is 3. The van der Waals surface area contributed by atoms with Crippen molar-refractivity contribution in [3.63, 3.8) is 0 Å². The maximum Gasteiger partial charge on any atom is 0.234 e. The molecule has 0 bridgehead atoms. The summed E-state index contributed by atoms with van der Waals surface area (Å²) in [6.07, 6.45) is 4.89. The monoisotopic (exact) mass is 438 g/mol. The van der Waals surface area contributed by atoms with Gasteiger partial charge in [0.2, 0.25) is 11.8 Å². The number of anilines is 2. The van der Waals surface area contributed by atoms with Crippen molar-refractivity contribution >= 4 is 45.8 Å². The zero-order valence-electron chi connectivity index (χ0n) is 13.6. The third kappa shape index (κ3) is 3.45. The van der Waals surface area contributed by atoms with Crippen LogP contribution in [0.2, 0.25) is 0 Å². The van der Waals surface area contributed by atoms with Crippen molar-refractivity contribution in [2.75, 3.05) is 10.6 Å². The molecular formula is C17H19IN4O2. The fraction of sp³-hybridized carbons (Fsp3) is 0.353. The smallest absolute Gasteiger partial charge is 0.234 e. The van der Waals surface area contributed by atoms with Crippen LogP contribution in [0.1, 0.15) is 32.3 Å². The van der Waals surface area contributed by atoms with Crippen molar-refractivity contribution in [1.29, 1.82) is 0 Å². The molecule has 0 aliphatic carbocycles. The van der Waals surface area contributed by atoms with E-state index in [1.807, 2.05) is 42.9 Å². The van der Waals surface area contributed by atoms with E-state index in [2.05, 4.69) is 38.3 Å². The summed E-state index contributed by atoms with van der Waals surface area (Å²) < 4.78 is 2.92. The number of aryl methyl sites for hydroxylation is 1. The van der Waals surface area contributed by atoms with Gasteiger partial charge in [-0.2, -0.15) is 5.10 Å². The highest BCUT2D eigenvalue weighted by atomic mass is 127. The topological polar surface area (TPSA) is 76.0 Å². The Morgan fingerprint density at radius 2 is 2.21 bits per heavy atom. The Kier molecular flexibility index (Phi) is 4.62. The molecule has 0 fully saturated rings. The van der Waals surface area contributed by atoms with Gasteiger partial charge in [-0.25, -0.2) is 0 Å². The first-order valence-electron chi connectivity index (χ1n) is 7.80. The average Bonchev–Trinajstić information content (AvgIpc) is 3.02. The number of carbonyl (C=O) groups excluding carboxylic acids is 2. The normalized spacial score (nSPS) is 15.0. The van der Waals surface area contributed by atoms with Gasteiger partial charge in [-0.05, 0) is 66.6 Å². The molecule has 0 radical (unpaired) electrons. The van der Waals surface area contributed by atoms with E-state index >= 15 is 0 Å². The van der Waals surface area contributed by atoms with Crippen LogP contribution in [0.3, 0.4) is 0 Å². The molecule has 3 rings (SSSR count). The van der Waals surface area contributed by atoms with Crippen LogP contribution >= 0.6 is 22.6 Å². The molecule has 24 heavy (non-hydrogen) atoms. The minimum atomic E-state index is -0.576. The van der Waals surface area contributed by atoms with Gasteiger partial charge in [0.1, 0.15) is 0 Å². The lowest BCUT2D eigenvalue weighted by Crippen LogP contribution is -2.26. The lowest BCUT2D eigenvalue weighted by Gasteiger charge is -2.16. The van der Waals surface area contributed by atoms with Crippen molar-refractivity contribution in [2.24, 2.45) is 0 Å². The zero-order valence-corrected chi connectivity index (χ0v) is 15.8. The van der Waals surface area contributed by atoms with E-state index in [4.69, 9.17) is 0 Å². The van der Waals surface area contributed by atoms with Crippen LogP contribution in [0.4, 0.5) is 11.4 Å². The van der Waals surface area contributed by atoms with Gasteiger partial charge in [0, 0.05) is 30.5 Å². The summed E-state index contributed by atoms with van der Waals surface area (Å²) in [5.74, 6) is -0.0540. The summed E-state index contributed by atoms with van der Waals surface area (Å²) in [7, 11) is 0. The molecule has 0 unspecified atom stereocenters. The molecule has 0 saturated carbocycles. The minimum Gasteiger partial charge on any atom is -0.326 e. The van der Waals surface area contributed by atoms with Gasteiger partial charge in [-0.1, -0.05) is 0 Å². The maximum absolute atomic E-state index is 12.1. The number of carbonyl (C=O) groups is 2. The molecule has 0 saturated heterocycles. The maximum atomic E-state index is 12.1. The van der Waals surface area contributed by atoms with Gasteiger partial charge in [-0.15, -0.1) is 0 Å². The summed E-state index contributed by atoms with van der Waals surface area (Å²) in [6, 6.07) is 5.53. The summed E-state index contributed by atoms with van der Waals surface area (Å²) in [4.78, 5) is 24.1. The third-order valence-electron chi connectivity index (χ3n) is 4.19. The second kappa shape index (κ2) is 6.54. The molecule has 1 aromatic carbocycles. The highest BCUT2D eigenvalue weighted by molar-refractivity contribution is 14.1. The fourth-order valence-corrected chi connectivity index (χ4v) is 3.18. The first-order valence-corrected chi connectivity index (χ1v) is 8.88. The summed E-state index contributed by atoms with van der Waals surface area (Å²) in [6.45, 7) is 4.47. The minimum absolute atomic E-state index is 0.0187. The highest BCUT2D eigenvalue weighted by Gasteiger charge is 2.38. The number of aromatic nitrogens is 2. The number of benzene rings is 1. The van der Waals surface area contributed by atoms with Crippen LogP contribution in [0, 0.1) is 3.57 Å². The van der Waals surface area contributed by atoms with E-state index in [1.165, 1.54) is 0 Å². The molecule has 2 aromatic rings. The number of fused-ring (bicyclic) bond motifs is 1. The predicted octanol–water partition coefficient (Wildman–Crippen LogP) is 3.14. The van der Waals surface area contributed by atoms with Crippen LogP contribution in [0.25, 0.3) is 0 Å². The van der Waals surface area contributed by atoms with Gasteiger partial charge in [0.15, 0.2) is 0 Å². The van der Waals surface area contributed by atoms with E-state index < -0.39 is 5.41 Å². The van der Waals surface area contributed by atoms with Gasteiger partial charge < -0.3 is 10.6 Å². The van der Waals surface area contributed by atoms with Crippen LogP contribution < -0.4 is 10.6 Å². The Labute approximate surface area is 154 Å². The molecule has 2 amide bonds. The zero-order chi connectivity index (χ0) is 17.3. The van der Waals surface area contributed by atoms with Gasteiger partial charge in [0.05, 0.1) is 15.2 Å². The van der Waals surface area contributed by atoms with Crippen molar-refractivity contribution in [1.82, 2.24) is 9.78 Å². The molecule has 126 valence electrons. The molecule has 0 atom stereocenters. The molecule has 1 aliphatic heterocycles. The first kappa shape index (κ1) is 16.9. The van der Waals surface area contributed by atoms with E-state index in [1.54, 1.807) is 6.20 Å². The SMILES string of the molecule is CC1(C)C(=O)Nc2ccc(NC(=O)CCCn3cc(I)cn3)cc21. The molecule has 1 aromatic heterocycles. The average molecular weight is 438 g/mol. The molecule has 0 spiro atoms. The molecular weight excluding hydrogens is 419 g/mol. The Hall–Kier alpha value is -1.90. The Morgan fingerprint density at radius 1 is 1.42 bits per heavy atom. The molecule has 1 aliphatic rings. The van der Waals surface area contributed by atoms with Gasteiger partial charge >= 0.3 is 0 Å². The van der Waals surface area contributed by atoms with Crippen molar-refractivity contribution in [3.8, 4) is 0 Å².